The van der Waals surface area contributed by atoms with Crippen molar-refractivity contribution in [3.63, 3.8) is 0 Å². The van der Waals surface area contributed by atoms with Gasteiger partial charge in [-0.2, -0.15) is 0 Å². The maximum atomic E-state index is 13.5. The minimum Gasteiger partial charge on any atom is -0.207 e. The lowest BCUT2D eigenvalue weighted by Gasteiger charge is -2.15. The van der Waals surface area contributed by atoms with Crippen LogP contribution in [0.15, 0.2) is 42.5 Å². The van der Waals surface area contributed by atoms with Crippen LogP contribution in [0.1, 0.15) is 37.7 Å². The van der Waals surface area contributed by atoms with Crippen molar-refractivity contribution >= 4 is 10.8 Å². The van der Waals surface area contributed by atoms with Gasteiger partial charge in [0.1, 0.15) is 0 Å². The van der Waals surface area contributed by atoms with Crippen LogP contribution in [0.2, 0.25) is 0 Å². The SMILES string of the molecule is [CH2]CCCC(F)(F)CCCc1ccc2ccccc2c1. The molecule has 2 aromatic rings. The zero-order chi connectivity index (χ0) is 14.4. The summed E-state index contributed by atoms with van der Waals surface area (Å²) in [6.07, 6.45) is 2.27. The molecule has 0 amide bonds. The molecule has 0 saturated carbocycles. The molecule has 0 spiro atoms. The van der Waals surface area contributed by atoms with Gasteiger partial charge in [-0.15, -0.1) is 0 Å². The molecule has 1 radical (unpaired) electrons. The van der Waals surface area contributed by atoms with E-state index in [1.54, 1.807) is 0 Å². The lowest BCUT2D eigenvalue weighted by molar-refractivity contribution is -0.0193. The van der Waals surface area contributed by atoms with Crippen LogP contribution >= 0.6 is 0 Å². The fourth-order valence-corrected chi connectivity index (χ4v) is 2.45. The van der Waals surface area contributed by atoms with Crippen molar-refractivity contribution in [1.82, 2.24) is 0 Å². The summed E-state index contributed by atoms with van der Waals surface area (Å²) in [5.74, 6) is -2.53. The first-order chi connectivity index (χ1) is 9.61. The van der Waals surface area contributed by atoms with E-state index in [1.165, 1.54) is 10.8 Å². The minimum atomic E-state index is -2.53. The second-order valence-electron chi connectivity index (χ2n) is 5.35. The number of rotatable bonds is 7. The largest absolute Gasteiger partial charge is 0.248 e. The number of hydrogen-bond donors (Lipinski definition) is 0. The fraction of sp³-hybridized carbons (Fsp3) is 0.389. The van der Waals surface area contributed by atoms with Crippen molar-refractivity contribution in [3.05, 3.63) is 55.0 Å². The number of unbranched alkanes of at least 4 members (excludes halogenated alkanes) is 1. The number of halogens is 2. The Hall–Kier alpha value is -1.44. The van der Waals surface area contributed by atoms with Crippen LogP contribution in [-0.2, 0) is 6.42 Å². The maximum absolute atomic E-state index is 13.5. The Bertz CT molecular complexity index is 546. The highest BCUT2D eigenvalue weighted by molar-refractivity contribution is 5.82. The molecule has 0 aliphatic heterocycles. The smallest absolute Gasteiger partial charge is 0.207 e. The van der Waals surface area contributed by atoms with E-state index in [-0.39, 0.29) is 12.8 Å². The van der Waals surface area contributed by atoms with Gasteiger partial charge in [-0.3, -0.25) is 0 Å². The van der Waals surface area contributed by atoms with Gasteiger partial charge < -0.3 is 0 Å². The molecule has 0 atom stereocenters. The zero-order valence-corrected chi connectivity index (χ0v) is 11.7. The Balaban J connectivity index is 1.89. The second kappa shape index (κ2) is 6.83. The van der Waals surface area contributed by atoms with Crippen molar-refractivity contribution in [1.29, 1.82) is 0 Å². The third-order valence-corrected chi connectivity index (χ3v) is 3.61. The molecular weight excluding hydrogens is 254 g/mol. The predicted molar refractivity (Wildman–Crippen MR) is 81.0 cm³/mol. The fourth-order valence-electron chi connectivity index (χ4n) is 2.45. The first-order valence-electron chi connectivity index (χ1n) is 7.25. The van der Waals surface area contributed by atoms with Crippen LogP contribution in [-0.4, -0.2) is 5.92 Å². The summed E-state index contributed by atoms with van der Waals surface area (Å²) in [5, 5.41) is 2.37. The van der Waals surface area contributed by atoms with Gasteiger partial charge >= 0.3 is 0 Å². The first kappa shape index (κ1) is 15.0. The highest BCUT2D eigenvalue weighted by Gasteiger charge is 2.26. The standard InChI is InChI=1S/C18H21F2/c1-2-3-12-18(19,20)13-6-7-15-10-11-16-8-4-5-9-17(16)14-15/h4-5,8-11,14H,1-3,6-7,12-13H2. The van der Waals surface area contributed by atoms with Gasteiger partial charge in [0, 0.05) is 12.8 Å². The molecule has 0 saturated heterocycles. The molecule has 20 heavy (non-hydrogen) atoms. The van der Waals surface area contributed by atoms with Crippen LogP contribution in [0.5, 0.6) is 0 Å². The Kier molecular flexibility index (Phi) is 5.11. The highest BCUT2D eigenvalue weighted by atomic mass is 19.3. The molecule has 2 rings (SSSR count). The van der Waals surface area contributed by atoms with Gasteiger partial charge in [0.2, 0.25) is 5.92 Å². The van der Waals surface area contributed by atoms with Crippen molar-refractivity contribution < 1.29 is 8.78 Å². The van der Waals surface area contributed by atoms with Crippen LogP contribution in [0, 0.1) is 6.92 Å². The Labute approximate surface area is 119 Å². The van der Waals surface area contributed by atoms with E-state index in [0.717, 1.165) is 5.56 Å². The summed E-state index contributed by atoms with van der Waals surface area (Å²) in [7, 11) is 0. The van der Waals surface area contributed by atoms with Crippen LogP contribution < -0.4 is 0 Å². The summed E-state index contributed by atoms with van der Waals surface area (Å²) in [6, 6.07) is 14.3. The topological polar surface area (TPSA) is 0 Å². The van der Waals surface area contributed by atoms with Gasteiger partial charge in [0.05, 0.1) is 0 Å². The number of benzene rings is 2. The molecule has 0 aliphatic carbocycles. The van der Waals surface area contributed by atoms with Crippen molar-refractivity contribution in [2.75, 3.05) is 0 Å². The molecule has 0 aliphatic rings. The highest BCUT2D eigenvalue weighted by Crippen LogP contribution is 2.27. The van der Waals surface area contributed by atoms with Crippen LogP contribution in [0.25, 0.3) is 10.8 Å². The Morgan fingerprint density at radius 2 is 1.60 bits per heavy atom. The second-order valence-corrected chi connectivity index (χ2v) is 5.35. The first-order valence-corrected chi connectivity index (χ1v) is 7.25. The molecule has 0 N–H and O–H groups in total. The summed E-state index contributed by atoms with van der Waals surface area (Å²) >= 11 is 0. The molecule has 107 valence electrons. The number of hydrogen-bond acceptors (Lipinski definition) is 0. The third-order valence-electron chi connectivity index (χ3n) is 3.61. The third kappa shape index (κ3) is 4.29. The summed E-state index contributed by atoms with van der Waals surface area (Å²) in [4.78, 5) is 0. The van der Waals surface area contributed by atoms with E-state index in [1.807, 2.05) is 18.2 Å². The Morgan fingerprint density at radius 3 is 2.35 bits per heavy atom. The quantitative estimate of drug-likeness (QED) is 0.599. The van der Waals surface area contributed by atoms with Gasteiger partial charge in [-0.25, -0.2) is 8.78 Å². The lowest BCUT2D eigenvalue weighted by Crippen LogP contribution is -2.15. The van der Waals surface area contributed by atoms with Gasteiger partial charge in [-0.1, -0.05) is 55.8 Å². The molecule has 0 fully saturated rings. The van der Waals surface area contributed by atoms with Crippen LogP contribution in [0.3, 0.4) is 0 Å². The van der Waals surface area contributed by atoms with Crippen molar-refractivity contribution in [2.45, 2.75) is 44.4 Å². The minimum absolute atomic E-state index is 0.0279. The van der Waals surface area contributed by atoms with Crippen molar-refractivity contribution in [3.8, 4) is 0 Å². The van der Waals surface area contributed by atoms with E-state index in [4.69, 9.17) is 0 Å². The number of fused-ring (bicyclic) bond motifs is 1. The van der Waals surface area contributed by atoms with Gasteiger partial charge in [0.15, 0.2) is 0 Å². The molecule has 0 aromatic heterocycles. The summed E-state index contributed by atoms with van der Waals surface area (Å²) in [6.45, 7) is 3.61. The molecule has 0 unspecified atom stereocenters. The molecule has 2 heteroatoms. The van der Waals surface area contributed by atoms with Crippen LogP contribution in [0.4, 0.5) is 8.78 Å². The monoisotopic (exact) mass is 275 g/mol. The van der Waals surface area contributed by atoms with E-state index in [2.05, 4.69) is 31.2 Å². The maximum Gasteiger partial charge on any atom is 0.248 e. The Morgan fingerprint density at radius 1 is 0.900 bits per heavy atom. The number of aryl methyl sites for hydroxylation is 1. The van der Waals surface area contributed by atoms with E-state index >= 15 is 0 Å². The average Bonchev–Trinajstić information content (AvgIpc) is 2.45. The molecule has 0 bridgehead atoms. The van der Waals surface area contributed by atoms with Crippen molar-refractivity contribution in [2.24, 2.45) is 0 Å². The molecule has 2 aromatic carbocycles. The van der Waals surface area contributed by atoms with Gasteiger partial charge in [0.25, 0.3) is 0 Å². The zero-order valence-electron chi connectivity index (χ0n) is 11.7. The summed E-state index contributed by atoms with van der Waals surface area (Å²) < 4.78 is 27.1. The molecule has 0 heterocycles. The van der Waals surface area contributed by atoms with E-state index < -0.39 is 5.92 Å². The molecular formula is C18H21F2. The predicted octanol–water partition coefficient (Wildman–Crippen LogP) is 5.80. The average molecular weight is 275 g/mol. The van der Waals surface area contributed by atoms with Gasteiger partial charge in [-0.05, 0) is 35.6 Å². The van der Waals surface area contributed by atoms with E-state index in [0.29, 0.717) is 25.7 Å². The van der Waals surface area contributed by atoms with E-state index in [9.17, 15) is 8.78 Å². The molecule has 0 nitrogen and oxygen atoms in total. The number of alkyl halides is 2. The lowest BCUT2D eigenvalue weighted by atomic mass is 10.00. The normalized spacial score (nSPS) is 11.9. The summed E-state index contributed by atoms with van der Waals surface area (Å²) in [5.41, 5.74) is 1.14.